The minimum absolute atomic E-state index is 0.0976. The van der Waals surface area contributed by atoms with E-state index in [1.54, 1.807) is 6.20 Å². The summed E-state index contributed by atoms with van der Waals surface area (Å²) in [5, 5.41) is 6.50. The monoisotopic (exact) mass is 349 g/mol. The normalized spacial score (nSPS) is 10.7. The van der Waals surface area contributed by atoms with Crippen molar-refractivity contribution in [1.29, 1.82) is 0 Å². The molecular weight excluding hydrogens is 334 g/mol. The smallest absolute Gasteiger partial charge is 0.278 e. The van der Waals surface area contributed by atoms with Gasteiger partial charge in [0.15, 0.2) is 0 Å². The van der Waals surface area contributed by atoms with Crippen molar-refractivity contribution in [1.82, 2.24) is 15.3 Å². The first-order chi connectivity index (χ1) is 12.3. The lowest BCUT2D eigenvalue weighted by molar-refractivity contribution is 0.0951. The number of rotatable bonds is 5. The van der Waals surface area contributed by atoms with E-state index in [-0.39, 0.29) is 5.91 Å². The van der Waals surface area contributed by atoms with E-state index in [1.807, 2.05) is 60.1 Å². The minimum Gasteiger partial charge on any atom is -0.431 e. The Kier molecular flexibility index (Phi) is 4.18. The van der Waals surface area contributed by atoms with Crippen LogP contribution in [0.15, 0.2) is 66.3 Å². The molecule has 2 aromatic carbocycles. The van der Waals surface area contributed by atoms with Gasteiger partial charge >= 0.3 is 0 Å². The van der Waals surface area contributed by atoms with Crippen LogP contribution >= 0.6 is 11.3 Å². The summed E-state index contributed by atoms with van der Waals surface area (Å²) in [6.45, 7) is 0.457. The lowest BCUT2D eigenvalue weighted by Crippen LogP contribution is -2.22. The first-order valence-corrected chi connectivity index (χ1v) is 8.67. The summed E-state index contributed by atoms with van der Waals surface area (Å²) in [7, 11) is 0. The molecule has 0 unspecified atom stereocenters. The summed E-state index contributed by atoms with van der Waals surface area (Å²) >= 11 is 1.44. The number of nitrogens with zero attached hydrogens (tertiary/aromatic N) is 1. The van der Waals surface area contributed by atoms with Crippen LogP contribution in [0.4, 0.5) is 0 Å². The molecule has 0 aliphatic carbocycles. The topological polar surface area (TPSA) is 67.0 Å². The van der Waals surface area contributed by atoms with Gasteiger partial charge in [0.1, 0.15) is 5.75 Å². The third-order valence-electron chi connectivity index (χ3n) is 3.81. The van der Waals surface area contributed by atoms with Crippen LogP contribution in [-0.4, -0.2) is 15.9 Å². The molecule has 0 spiro atoms. The van der Waals surface area contributed by atoms with Crippen LogP contribution in [0.3, 0.4) is 0 Å². The maximum absolute atomic E-state index is 12.3. The zero-order chi connectivity index (χ0) is 17.1. The number of aromatic amines is 1. The summed E-state index contributed by atoms with van der Waals surface area (Å²) in [6.07, 6.45) is 3.57. The number of amides is 1. The summed E-state index contributed by atoms with van der Waals surface area (Å²) in [5.74, 6) is 0.627. The number of hydrogen-bond donors (Lipinski definition) is 2. The van der Waals surface area contributed by atoms with Gasteiger partial charge in [0.2, 0.25) is 0 Å². The molecule has 4 rings (SSSR count). The Bertz CT molecular complexity index is 991. The van der Waals surface area contributed by atoms with Crippen LogP contribution in [0, 0.1) is 0 Å². The standard InChI is InChI=1S/C19H15N3O2S/c23-18(15-4-3-14-7-8-20-17(14)11-15)22-12-13-1-5-16(6-2-13)24-19-21-9-10-25-19/h1-11,20H,12H2,(H,22,23). The number of aromatic nitrogens is 2. The van der Waals surface area contributed by atoms with Gasteiger partial charge in [-0.15, -0.1) is 0 Å². The maximum atomic E-state index is 12.3. The Hall–Kier alpha value is -3.12. The van der Waals surface area contributed by atoms with Crippen molar-refractivity contribution >= 4 is 28.1 Å². The summed E-state index contributed by atoms with van der Waals surface area (Å²) in [4.78, 5) is 19.5. The zero-order valence-electron chi connectivity index (χ0n) is 13.2. The molecule has 0 fully saturated rings. The average Bonchev–Trinajstić information content (AvgIpc) is 3.31. The average molecular weight is 349 g/mol. The van der Waals surface area contributed by atoms with Gasteiger partial charge in [-0.25, -0.2) is 4.98 Å². The molecule has 25 heavy (non-hydrogen) atoms. The molecule has 5 nitrogen and oxygen atoms in total. The van der Waals surface area contributed by atoms with E-state index in [0.29, 0.717) is 17.3 Å². The highest BCUT2D eigenvalue weighted by Crippen LogP contribution is 2.23. The van der Waals surface area contributed by atoms with Crippen molar-refractivity contribution in [3.63, 3.8) is 0 Å². The third-order valence-corrected chi connectivity index (χ3v) is 4.46. The molecule has 0 radical (unpaired) electrons. The van der Waals surface area contributed by atoms with Gasteiger partial charge in [0.05, 0.1) is 0 Å². The van der Waals surface area contributed by atoms with E-state index in [9.17, 15) is 4.79 Å². The molecular formula is C19H15N3O2S. The fourth-order valence-electron chi connectivity index (χ4n) is 2.51. The largest absolute Gasteiger partial charge is 0.431 e. The summed E-state index contributed by atoms with van der Waals surface area (Å²) in [5.41, 5.74) is 2.59. The van der Waals surface area contributed by atoms with E-state index in [1.165, 1.54) is 11.3 Å². The molecule has 2 aromatic heterocycles. The molecule has 0 bridgehead atoms. The van der Waals surface area contributed by atoms with Crippen LogP contribution in [0.1, 0.15) is 15.9 Å². The first kappa shape index (κ1) is 15.4. The number of benzene rings is 2. The molecule has 0 aliphatic heterocycles. The molecule has 1 amide bonds. The number of fused-ring (bicyclic) bond motifs is 1. The molecule has 4 aromatic rings. The van der Waals surface area contributed by atoms with Crippen molar-refractivity contribution in [2.45, 2.75) is 6.54 Å². The number of H-pyrrole nitrogens is 1. The van der Waals surface area contributed by atoms with E-state index in [2.05, 4.69) is 15.3 Å². The van der Waals surface area contributed by atoms with Gasteiger partial charge < -0.3 is 15.0 Å². The van der Waals surface area contributed by atoms with Gasteiger partial charge in [-0.1, -0.05) is 29.5 Å². The number of carbonyl (C=O) groups excluding carboxylic acids is 1. The lowest BCUT2D eigenvalue weighted by atomic mass is 10.1. The molecule has 2 N–H and O–H groups in total. The number of nitrogens with one attached hydrogen (secondary N) is 2. The Morgan fingerprint density at radius 1 is 1.16 bits per heavy atom. The number of ether oxygens (including phenoxy) is 1. The third kappa shape index (κ3) is 3.54. The molecule has 6 heteroatoms. The number of carbonyl (C=O) groups is 1. The van der Waals surface area contributed by atoms with Crippen molar-refractivity contribution < 1.29 is 9.53 Å². The van der Waals surface area contributed by atoms with Crippen molar-refractivity contribution in [3.05, 3.63) is 77.4 Å². The highest BCUT2D eigenvalue weighted by molar-refractivity contribution is 7.11. The van der Waals surface area contributed by atoms with Crippen molar-refractivity contribution in [3.8, 4) is 10.9 Å². The minimum atomic E-state index is -0.0976. The quantitative estimate of drug-likeness (QED) is 0.563. The summed E-state index contributed by atoms with van der Waals surface area (Å²) in [6, 6.07) is 15.2. The predicted octanol–water partition coefficient (Wildman–Crippen LogP) is 4.35. The molecule has 0 aliphatic rings. The van der Waals surface area contributed by atoms with Gasteiger partial charge in [0.25, 0.3) is 11.1 Å². The fourth-order valence-corrected chi connectivity index (χ4v) is 3.01. The van der Waals surface area contributed by atoms with Crippen LogP contribution in [0.25, 0.3) is 10.9 Å². The second kappa shape index (κ2) is 6.78. The van der Waals surface area contributed by atoms with Crippen LogP contribution < -0.4 is 10.1 Å². The molecule has 0 atom stereocenters. The van der Waals surface area contributed by atoms with E-state index in [0.717, 1.165) is 22.2 Å². The van der Waals surface area contributed by atoms with Crippen LogP contribution in [0.2, 0.25) is 0 Å². The number of hydrogen-bond acceptors (Lipinski definition) is 4. The molecule has 124 valence electrons. The predicted molar refractivity (Wildman–Crippen MR) is 98.1 cm³/mol. The fraction of sp³-hybridized carbons (Fsp3) is 0.0526. The lowest BCUT2D eigenvalue weighted by Gasteiger charge is -2.07. The maximum Gasteiger partial charge on any atom is 0.278 e. The summed E-state index contributed by atoms with van der Waals surface area (Å²) < 4.78 is 5.62. The van der Waals surface area contributed by atoms with E-state index >= 15 is 0 Å². The number of thiazole rings is 1. The van der Waals surface area contributed by atoms with Gasteiger partial charge in [-0.05, 0) is 41.3 Å². The Morgan fingerprint density at radius 3 is 2.84 bits per heavy atom. The molecule has 0 saturated heterocycles. The van der Waals surface area contributed by atoms with Gasteiger partial charge in [0, 0.05) is 35.4 Å². The highest BCUT2D eigenvalue weighted by Gasteiger charge is 2.07. The Morgan fingerprint density at radius 2 is 2.04 bits per heavy atom. The second-order valence-electron chi connectivity index (χ2n) is 5.51. The van der Waals surface area contributed by atoms with Crippen LogP contribution in [-0.2, 0) is 6.54 Å². The second-order valence-corrected chi connectivity index (χ2v) is 6.36. The van der Waals surface area contributed by atoms with Crippen LogP contribution in [0.5, 0.6) is 10.9 Å². The van der Waals surface area contributed by atoms with Gasteiger partial charge in [-0.3, -0.25) is 4.79 Å². The SMILES string of the molecule is O=C(NCc1ccc(Oc2nccs2)cc1)c1ccc2cc[nH]c2c1. The van der Waals surface area contributed by atoms with E-state index < -0.39 is 0 Å². The Labute approximate surface area is 148 Å². The molecule has 0 saturated carbocycles. The Balaban J connectivity index is 1.37. The van der Waals surface area contributed by atoms with E-state index in [4.69, 9.17) is 4.74 Å². The highest BCUT2D eigenvalue weighted by atomic mass is 32.1. The zero-order valence-corrected chi connectivity index (χ0v) is 14.0. The van der Waals surface area contributed by atoms with Crippen molar-refractivity contribution in [2.24, 2.45) is 0 Å². The van der Waals surface area contributed by atoms with Crippen molar-refractivity contribution in [2.75, 3.05) is 0 Å². The van der Waals surface area contributed by atoms with Gasteiger partial charge in [-0.2, -0.15) is 0 Å². The first-order valence-electron chi connectivity index (χ1n) is 7.79. The molecule has 2 heterocycles.